The first kappa shape index (κ1) is 25.0. The molecule has 1 amide bonds. The van der Waals surface area contributed by atoms with Gasteiger partial charge in [0.25, 0.3) is 0 Å². The summed E-state index contributed by atoms with van der Waals surface area (Å²) in [6.07, 6.45) is 7.56. The van der Waals surface area contributed by atoms with E-state index in [2.05, 4.69) is 23.1 Å². The van der Waals surface area contributed by atoms with Gasteiger partial charge in [-0.2, -0.15) is 4.31 Å². The standard InChI is InChI=1S/C27H41N3O4S/c1-3-15-34-26(31)30-22-9-10-23(30)18-24(17-22)28-13-11-27(12-14-28)20-29(35(32,33)16-4-2)19-21-7-5-6-8-25(21)27/h5-8,22-24H,3-4,9-20H2,1-2H3. The van der Waals surface area contributed by atoms with Gasteiger partial charge in [0.1, 0.15) is 0 Å². The third-order valence-corrected chi connectivity index (χ3v) is 10.9. The zero-order valence-electron chi connectivity index (χ0n) is 21.3. The van der Waals surface area contributed by atoms with Crippen LogP contribution in [0.15, 0.2) is 24.3 Å². The minimum absolute atomic E-state index is 0.101. The van der Waals surface area contributed by atoms with Crippen LogP contribution in [0.1, 0.15) is 76.3 Å². The zero-order chi connectivity index (χ0) is 24.6. The summed E-state index contributed by atoms with van der Waals surface area (Å²) in [6.45, 7) is 7.54. The molecule has 0 N–H and O–H groups in total. The average Bonchev–Trinajstić information content (AvgIpc) is 3.12. The number of rotatable bonds is 6. The number of likely N-dealkylation sites (tertiary alicyclic amines) is 1. The van der Waals surface area contributed by atoms with Crippen molar-refractivity contribution in [3.8, 4) is 0 Å². The smallest absolute Gasteiger partial charge is 0.410 e. The Bertz CT molecular complexity index is 1010. The summed E-state index contributed by atoms with van der Waals surface area (Å²) in [5.41, 5.74) is 2.43. The van der Waals surface area contributed by atoms with Crippen molar-refractivity contribution in [2.75, 3.05) is 32.0 Å². The van der Waals surface area contributed by atoms with Gasteiger partial charge in [-0.05, 0) is 75.6 Å². The molecule has 0 aliphatic carbocycles. The fourth-order valence-corrected chi connectivity index (χ4v) is 8.73. The highest BCUT2D eigenvalue weighted by molar-refractivity contribution is 7.89. The number of carbonyl (C=O) groups excluding carboxylic acids is 1. The maximum absolute atomic E-state index is 13.0. The van der Waals surface area contributed by atoms with E-state index in [1.54, 1.807) is 4.31 Å². The Hall–Kier alpha value is -1.64. The topological polar surface area (TPSA) is 70.2 Å². The van der Waals surface area contributed by atoms with Gasteiger partial charge in [0, 0.05) is 36.6 Å². The van der Waals surface area contributed by atoms with Gasteiger partial charge >= 0.3 is 6.09 Å². The van der Waals surface area contributed by atoms with E-state index < -0.39 is 10.0 Å². The molecule has 2 atom stereocenters. The fourth-order valence-electron chi connectivity index (χ4n) is 7.18. The van der Waals surface area contributed by atoms with E-state index in [9.17, 15) is 13.2 Å². The molecule has 0 radical (unpaired) electrons. The molecule has 4 aliphatic rings. The van der Waals surface area contributed by atoms with Crippen molar-refractivity contribution in [2.24, 2.45) is 0 Å². The number of hydrogen-bond donors (Lipinski definition) is 0. The van der Waals surface area contributed by atoms with E-state index in [0.29, 0.717) is 44.2 Å². The normalized spacial score (nSPS) is 28.7. The molecule has 1 spiro atoms. The molecule has 8 heteroatoms. The van der Waals surface area contributed by atoms with Crippen molar-refractivity contribution < 1.29 is 17.9 Å². The van der Waals surface area contributed by atoms with Crippen molar-refractivity contribution in [2.45, 2.75) is 95.3 Å². The predicted octanol–water partition coefficient (Wildman–Crippen LogP) is 4.12. The minimum atomic E-state index is -3.24. The van der Waals surface area contributed by atoms with Crippen LogP contribution in [0.3, 0.4) is 0 Å². The minimum Gasteiger partial charge on any atom is -0.449 e. The molecule has 35 heavy (non-hydrogen) atoms. The molecule has 0 aromatic heterocycles. The van der Waals surface area contributed by atoms with Crippen LogP contribution in [0.2, 0.25) is 0 Å². The lowest BCUT2D eigenvalue weighted by Crippen LogP contribution is -2.57. The van der Waals surface area contributed by atoms with E-state index in [0.717, 1.165) is 58.0 Å². The molecule has 1 aromatic rings. The molecule has 7 nitrogen and oxygen atoms in total. The number of sulfonamides is 1. The summed E-state index contributed by atoms with van der Waals surface area (Å²) >= 11 is 0. The van der Waals surface area contributed by atoms with E-state index in [-0.39, 0.29) is 17.3 Å². The molecule has 194 valence electrons. The molecule has 2 bridgehead atoms. The Morgan fingerprint density at radius 1 is 1.03 bits per heavy atom. The van der Waals surface area contributed by atoms with Crippen LogP contribution in [-0.2, 0) is 26.7 Å². The molecular weight excluding hydrogens is 462 g/mol. The largest absolute Gasteiger partial charge is 0.449 e. The van der Waals surface area contributed by atoms with E-state index in [1.807, 2.05) is 24.8 Å². The summed E-state index contributed by atoms with van der Waals surface area (Å²) < 4.78 is 33.3. The number of carbonyl (C=O) groups is 1. The lowest BCUT2D eigenvalue weighted by atomic mass is 9.69. The number of piperidine rings is 2. The Morgan fingerprint density at radius 3 is 2.37 bits per heavy atom. The van der Waals surface area contributed by atoms with Gasteiger partial charge in [-0.3, -0.25) is 0 Å². The Morgan fingerprint density at radius 2 is 1.71 bits per heavy atom. The Labute approximate surface area is 210 Å². The Balaban J connectivity index is 1.28. The van der Waals surface area contributed by atoms with Gasteiger partial charge in [-0.15, -0.1) is 0 Å². The quantitative estimate of drug-likeness (QED) is 0.584. The monoisotopic (exact) mass is 503 g/mol. The molecule has 0 saturated carbocycles. The Kier molecular flexibility index (Phi) is 7.16. The number of amides is 1. The van der Waals surface area contributed by atoms with Gasteiger partial charge in [0.15, 0.2) is 0 Å². The first-order chi connectivity index (χ1) is 16.9. The van der Waals surface area contributed by atoms with Crippen LogP contribution in [0, 0.1) is 0 Å². The number of fused-ring (bicyclic) bond motifs is 4. The third-order valence-electron chi connectivity index (χ3n) is 8.89. The fraction of sp³-hybridized carbons (Fsp3) is 0.741. The van der Waals surface area contributed by atoms with Gasteiger partial charge < -0.3 is 14.5 Å². The first-order valence-corrected chi connectivity index (χ1v) is 15.2. The lowest BCUT2D eigenvalue weighted by molar-refractivity contribution is 0.0225. The highest BCUT2D eigenvalue weighted by atomic mass is 32.2. The number of hydrogen-bond acceptors (Lipinski definition) is 5. The molecule has 3 fully saturated rings. The molecule has 3 saturated heterocycles. The van der Waals surface area contributed by atoms with Crippen molar-refractivity contribution >= 4 is 16.1 Å². The maximum atomic E-state index is 13.0. The summed E-state index contributed by atoms with van der Waals surface area (Å²) in [5.74, 6) is 0.222. The van der Waals surface area contributed by atoms with Crippen LogP contribution >= 0.6 is 0 Å². The summed E-state index contributed by atoms with van der Waals surface area (Å²) in [7, 11) is -3.24. The second-order valence-corrected chi connectivity index (χ2v) is 13.2. The number of nitrogens with zero attached hydrogens (tertiary/aromatic N) is 3. The third kappa shape index (κ3) is 4.74. The highest BCUT2D eigenvalue weighted by Crippen LogP contribution is 2.45. The number of ether oxygens (including phenoxy) is 1. The van der Waals surface area contributed by atoms with Gasteiger partial charge in [0.05, 0.1) is 12.4 Å². The van der Waals surface area contributed by atoms with E-state index >= 15 is 0 Å². The molecule has 4 aliphatic heterocycles. The second kappa shape index (κ2) is 10.0. The molecule has 5 rings (SSSR count). The maximum Gasteiger partial charge on any atom is 0.410 e. The molecule has 1 aromatic carbocycles. The van der Waals surface area contributed by atoms with Gasteiger partial charge in [0.2, 0.25) is 10.0 Å². The summed E-state index contributed by atoms with van der Waals surface area (Å²) in [5, 5.41) is 0. The van der Waals surface area contributed by atoms with Crippen LogP contribution in [0.25, 0.3) is 0 Å². The van der Waals surface area contributed by atoms with Crippen molar-refractivity contribution in [3.05, 3.63) is 35.4 Å². The summed E-state index contributed by atoms with van der Waals surface area (Å²) in [4.78, 5) is 17.3. The zero-order valence-corrected chi connectivity index (χ0v) is 22.1. The van der Waals surface area contributed by atoms with Gasteiger partial charge in [-0.25, -0.2) is 13.2 Å². The highest BCUT2D eigenvalue weighted by Gasteiger charge is 2.49. The van der Waals surface area contributed by atoms with Crippen LogP contribution in [-0.4, -0.2) is 78.7 Å². The van der Waals surface area contributed by atoms with Crippen LogP contribution in [0.4, 0.5) is 4.79 Å². The van der Waals surface area contributed by atoms with Crippen molar-refractivity contribution in [1.82, 2.24) is 14.1 Å². The van der Waals surface area contributed by atoms with E-state index in [4.69, 9.17) is 4.74 Å². The molecule has 2 unspecified atom stereocenters. The van der Waals surface area contributed by atoms with Gasteiger partial charge in [-0.1, -0.05) is 38.1 Å². The first-order valence-electron chi connectivity index (χ1n) is 13.6. The molecular formula is C27H41N3O4S. The predicted molar refractivity (Wildman–Crippen MR) is 137 cm³/mol. The number of benzene rings is 1. The second-order valence-electron chi connectivity index (χ2n) is 11.1. The van der Waals surface area contributed by atoms with Crippen molar-refractivity contribution in [1.29, 1.82) is 0 Å². The van der Waals surface area contributed by atoms with Crippen molar-refractivity contribution in [3.63, 3.8) is 0 Å². The SMILES string of the molecule is CCCOC(=O)N1C2CCC1CC(N1CCC3(CC1)CN(S(=O)(=O)CCC)Cc1ccccc13)C2. The van der Waals surface area contributed by atoms with Crippen LogP contribution in [0.5, 0.6) is 0 Å². The van der Waals surface area contributed by atoms with Crippen LogP contribution < -0.4 is 0 Å². The van der Waals surface area contributed by atoms with E-state index in [1.165, 1.54) is 11.1 Å². The molecule has 4 heterocycles. The lowest BCUT2D eigenvalue weighted by Gasteiger charge is -2.51. The average molecular weight is 504 g/mol. The summed E-state index contributed by atoms with van der Waals surface area (Å²) in [6, 6.07) is 9.57.